The Bertz CT molecular complexity index is 641. The lowest BCUT2D eigenvalue weighted by Crippen LogP contribution is -2.54. The molecule has 1 aliphatic carbocycles. The van der Waals surface area contributed by atoms with Gasteiger partial charge in [-0.25, -0.2) is 13.4 Å². The molecular weight excluding hydrogens is 310 g/mol. The number of fused-ring (bicyclic) bond motifs is 1. The summed E-state index contributed by atoms with van der Waals surface area (Å²) in [6.45, 7) is 3.03. The Labute approximate surface area is 128 Å². The fourth-order valence-corrected chi connectivity index (χ4v) is 6.11. The quantitative estimate of drug-likeness (QED) is 0.906. The minimum Gasteiger partial charge on any atom is -0.362 e. The van der Waals surface area contributed by atoms with E-state index in [4.69, 9.17) is 0 Å². The molecule has 21 heavy (non-hydrogen) atoms. The van der Waals surface area contributed by atoms with E-state index in [0.717, 1.165) is 24.5 Å². The van der Waals surface area contributed by atoms with Crippen molar-refractivity contribution in [2.45, 2.75) is 37.5 Å². The van der Waals surface area contributed by atoms with E-state index in [0.29, 0.717) is 17.8 Å². The van der Waals surface area contributed by atoms with Crippen molar-refractivity contribution in [1.82, 2.24) is 9.88 Å². The van der Waals surface area contributed by atoms with Gasteiger partial charge in [0.2, 0.25) is 0 Å². The molecule has 8 heteroatoms. The van der Waals surface area contributed by atoms with Crippen molar-refractivity contribution < 1.29 is 13.2 Å². The van der Waals surface area contributed by atoms with E-state index in [-0.39, 0.29) is 23.0 Å². The molecule has 6 nitrogen and oxygen atoms in total. The number of thiazole rings is 1. The second-order valence-electron chi connectivity index (χ2n) is 5.46. The van der Waals surface area contributed by atoms with Crippen molar-refractivity contribution >= 4 is 32.2 Å². The Morgan fingerprint density at radius 2 is 2.33 bits per heavy atom. The molecule has 0 spiro atoms. The molecule has 2 atom stereocenters. The van der Waals surface area contributed by atoms with Gasteiger partial charge in [0.25, 0.3) is 5.91 Å². The van der Waals surface area contributed by atoms with Crippen LogP contribution in [0.1, 0.15) is 35.9 Å². The van der Waals surface area contributed by atoms with Gasteiger partial charge < -0.3 is 10.2 Å². The van der Waals surface area contributed by atoms with Crippen LogP contribution in [-0.4, -0.2) is 54.3 Å². The van der Waals surface area contributed by atoms with Crippen LogP contribution in [0.25, 0.3) is 0 Å². The second kappa shape index (κ2) is 5.57. The number of sulfone groups is 1. The van der Waals surface area contributed by atoms with E-state index in [1.54, 1.807) is 11.1 Å². The summed E-state index contributed by atoms with van der Waals surface area (Å²) in [4.78, 5) is 19.2. The van der Waals surface area contributed by atoms with Crippen LogP contribution in [0.2, 0.25) is 0 Å². The highest BCUT2D eigenvalue weighted by molar-refractivity contribution is 7.92. The predicted octanol–water partition coefficient (Wildman–Crippen LogP) is 1.37. The normalized spacial score (nSPS) is 27.4. The number of hydrogen-bond donors (Lipinski definition) is 1. The maximum Gasteiger partial charge on any atom is 0.265 e. The molecule has 1 aliphatic heterocycles. The molecule has 0 bridgehead atoms. The molecule has 3 rings (SSSR count). The average molecular weight is 329 g/mol. The second-order valence-corrected chi connectivity index (χ2v) is 8.83. The van der Waals surface area contributed by atoms with Crippen LogP contribution in [0, 0.1) is 0 Å². The van der Waals surface area contributed by atoms with Crippen molar-refractivity contribution in [2.24, 2.45) is 0 Å². The summed E-state index contributed by atoms with van der Waals surface area (Å²) in [5.74, 6) is 0.00198. The summed E-state index contributed by atoms with van der Waals surface area (Å²) in [6, 6.07) is -0.152. The van der Waals surface area contributed by atoms with Crippen molar-refractivity contribution in [1.29, 1.82) is 0 Å². The SMILES string of the molecule is CCNc1ncc(C(=O)N2CCS(=O)(=O)C3CCCC32)s1. The van der Waals surface area contributed by atoms with E-state index in [1.807, 2.05) is 6.92 Å². The summed E-state index contributed by atoms with van der Waals surface area (Å²) in [6.07, 6.45) is 3.93. The smallest absolute Gasteiger partial charge is 0.265 e. The Morgan fingerprint density at radius 3 is 3.10 bits per heavy atom. The first kappa shape index (κ1) is 14.8. The van der Waals surface area contributed by atoms with Crippen molar-refractivity contribution in [3.8, 4) is 0 Å². The molecule has 1 saturated carbocycles. The predicted molar refractivity (Wildman–Crippen MR) is 82.5 cm³/mol. The van der Waals surface area contributed by atoms with Gasteiger partial charge in [-0.2, -0.15) is 0 Å². The lowest BCUT2D eigenvalue weighted by atomic mass is 10.2. The van der Waals surface area contributed by atoms with Crippen molar-refractivity contribution in [3.63, 3.8) is 0 Å². The number of carbonyl (C=O) groups excluding carboxylic acids is 1. The molecule has 1 amide bonds. The number of rotatable bonds is 3. The summed E-state index contributed by atoms with van der Waals surface area (Å²) in [5.41, 5.74) is 0. The van der Waals surface area contributed by atoms with Crippen molar-refractivity contribution in [3.05, 3.63) is 11.1 Å². The Balaban J connectivity index is 1.81. The van der Waals surface area contributed by atoms with E-state index < -0.39 is 9.84 Å². The van der Waals surface area contributed by atoms with Crippen LogP contribution >= 0.6 is 11.3 Å². The van der Waals surface area contributed by atoms with Gasteiger partial charge in [-0.15, -0.1) is 0 Å². The van der Waals surface area contributed by atoms with Gasteiger partial charge in [0.05, 0.1) is 17.2 Å². The first-order valence-electron chi connectivity index (χ1n) is 7.25. The van der Waals surface area contributed by atoms with Gasteiger partial charge in [0.15, 0.2) is 15.0 Å². The topological polar surface area (TPSA) is 79.4 Å². The average Bonchev–Trinajstić information content (AvgIpc) is 3.08. The Morgan fingerprint density at radius 1 is 1.52 bits per heavy atom. The first-order chi connectivity index (χ1) is 10.0. The van der Waals surface area contributed by atoms with Crippen LogP contribution in [0.15, 0.2) is 6.20 Å². The number of carbonyl (C=O) groups is 1. The van der Waals surface area contributed by atoms with E-state index >= 15 is 0 Å². The summed E-state index contributed by atoms with van der Waals surface area (Å²) in [5, 5.41) is 3.45. The van der Waals surface area contributed by atoms with Crippen LogP contribution in [0.5, 0.6) is 0 Å². The molecule has 2 unspecified atom stereocenters. The minimum atomic E-state index is -3.03. The zero-order chi connectivity index (χ0) is 15.0. The minimum absolute atomic E-state index is 0.0801. The molecule has 2 heterocycles. The van der Waals surface area contributed by atoms with Gasteiger partial charge in [0, 0.05) is 19.1 Å². The third-order valence-corrected chi connectivity index (χ3v) is 7.37. The van der Waals surface area contributed by atoms with Crippen molar-refractivity contribution in [2.75, 3.05) is 24.2 Å². The van der Waals surface area contributed by atoms with Gasteiger partial charge in [-0.3, -0.25) is 4.79 Å². The highest BCUT2D eigenvalue weighted by atomic mass is 32.2. The molecule has 2 aliphatic rings. The molecule has 116 valence electrons. The number of aromatic nitrogens is 1. The lowest BCUT2D eigenvalue weighted by Gasteiger charge is -2.37. The monoisotopic (exact) mass is 329 g/mol. The molecule has 1 aromatic rings. The van der Waals surface area contributed by atoms with Crippen LogP contribution in [0.3, 0.4) is 0 Å². The van der Waals surface area contributed by atoms with E-state index in [2.05, 4.69) is 10.3 Å². The maximum absolute atomic E-state index is 12.6. The number of nitrogens with one attached hydrogen (secondary N) is 1. The van der Waals surface area contributed by atoms with Gasteiger partial charge in [-0.1, -0.05) is 11.3 Å². The number of amides is 1. The molecule has 1 saturated heterocycles. The van der Waals surface area contributed by atoms with Gasteiger partial charge in [-0.05, 0) is 26.2 Å². The highest BCUT2D eigenvalue weighted by Gasteiger charge is 2.46. The Hall–Kier alpha value is -1.15. The van der Waals surface area contributed by atoms with Gasteiger partial charge >= 0.3 is 0 Å². The fourth-order valence-electron chi connectivity index (χ4n) is 3.22. The summed E-state index contributed by atoms with van der Waals surface area (Å²) >= 11 is 1.33. The van der Waals surface area contributed by atoms with E-state index in [9.17, 15) is 13.2 Å². The zero-order valence-corrected chi connectivity index (χ0v) is 13.5. The maximum atomic E-state index is 12.6. The number of nitrogens with zero attached hydrogens (tertiary/aromatic N) is 2. The first-order valence-corrected chi connectivity index (χ1v) is 9.78. The summed E-state index contributed by atoms with van der Waals surface area (Å²) in [7, 11) is -3.03. The third-order valence-electron chi connectivity index (χ3n) is 4.20. The van der Waals surface area contributed by atoms with Crippen LogP contribution in [-0.2, 0) is 9.84 Å². The van der Waals surface area contributed by atoms with Gasteiger partial charge in [0.1, 0.15) is 4.88 Å². The molecule has 0 aromatic carbocycles. The fraction of sp³-hybridized carbons (Fsp3) is 0.692. The molecule has 1 N–H and O–H groups in total. The standard InChI is InChI=1S/C13H19N3O3S2/c1-2-14-13-15-8-10(20-13)12(17)16-6-7-21(18,19)11-5-3-4-9(11)16/h8-9,11H,2-7H2,1H3,(H,14,15). The lowest BCUT2D eigenvalue weighted by molar-refractivity contribution is 0.0691. The molecular formula is C13H19N3O3S2. The van der Waals surface area contributed by atoms with E-state index in [1.165, 1.54) is 11.3 Å². The molecule has 1 aromatic heterocycles. The Kier molecular flexibility index (Phi) is 3.92. The highest BCUT2D eigenvalue weighted by Crippen LogP contribution is 2.34. The molecule has 0 radical (unpaired) electrons. The number of anilines is 1. The van der Waals surface area contributed by atoms with Crippen LogP contribution in [0.4, 0.5) is 5.13 Å². The molecule has 2 fully saturated rings. The third kappa shape index (κ3) is 2.66. The van der Waals surface area contributed by atoms with Crippen LogP contribution < -0.4 is 5.32 Å². The zero-order valence-electron chi connectivity index (χ0n) is 11.9. The summed E-state index contributed by atoms with van der Waals surface area (Å²) < 4.78 is 24.2. The largest absolute Gasteiger partial charge is 0.362 e. The number of hydrogen-bond acceptors (Lipinski definition) is 6.